The number of hydrogen-bond donors (Lipinski definition) is 4. The Morgan fingerprint density at radius 1 is 1.10 bits per heavy atom. The fourth-order valence-corrected chi connectivity index (χ4v) is 3.27. The number of hydrogen-bond acceptors (Lipinski definition) is 6. The Balaban J connectivity index is 1.87. The molecule has 2 aromatic rings. The lowest BCUT2D eigenvalue weighted by Gasteiger charge is -2.16. The van der Waals surface area contributed by atoms with Crippen molar-refractivity contribution in [1.29, 1.82) is 0 Å². The molecule has 1 aromatic carbocycles. The molecule has 3 rings (SSSR count). The van der Waals surface area contributed by atoms with Gasteiger partial charge in [-0.1, -0.05) is 12.1 Å². The van der Waals surface area contributed by atoms with Gasteiger partial charge in [0.2, 0.25) is 5.91 Å². The molecule has 2 heterocycles. The van der Waals surface area contributed by atoms with E-state index in [1.165, 1.54) is 24.3 Å². The van der Waals surface area contributed by atoms with E-state index < -0.39 is 34.4 Å². The summed E-state index contributed by atoms with van der Waals surface area (Å²) >= 11 is 0. The summed E-state index contributed by atoms with van der Waals surface area (Å²) < 4.78 is 5.59. The number of anilines is 1. The molecule has 0 unspecified atom stereocenters. The van der Waals surface area contributed by atoms with Crippen molar-refractivity contribution in [2.45, 2.75) is 12.8 Å². The Morgan fingerprint density at radius 3 is 2.31 bits per heavy atom. The van der Waals surface area contributed by atoms with Crippen LogP contribution in [0.25, 0.3) is 11.1 Å². The zero-order chi connectivity index (χ0) is 21.1. The highest BCUT2D eigenvalue weighted by atomic mass is 16.5. The molecule has 0 saturated carbocycles. The molecule has 1 amide bonds. The fraction of sp³-hybridized carbons (Fsp3) is 0.263. The van der Waals surface area contributed by atoms with E-state index in [0.717, 1.165) is 6.42 Å². The Kier molecular flexibility index (Phi) is 5.53. The molecular formula is C19H19N3O7. The first kappa shape index (κ1) is 19.9. The molecule has 0 bridgehead atoms. The summed E-state index contributed by atoms with van der Waals surface area (Å²) in [6.45, 7) is 1.45. The maximum absolute atomic E-state index is 12.0. The van der Waals surface area contributed by atoms with E-state index in [2.05, 4.69) is 4.98 Å². The van der Waals surface area contributed by atoms with Gasteiger partial charge in [0.05, 0.1) is 6.54 Å². The van der Waals surface area contributed by atoms with Crippen molar-refractivity contribution in [2.75, 3.05) is 25.4 Å². The quantitative estimate of drug-likeness (QED) is 0.534. The standard InChI is InChI=1S/C19H19N3O7/c20-16-14(18(25)26)13(15(19(27)28)17(24)21-16)10-3-5-11(6-4-10)29-9-8-22-7-1-2-12(22)23/h3-6H,1-2,7-9H2,(H,25,26)(H,27,28)(H3,20,21,24). The zero-order valence-corrected chi connectivity index (χ0v) is 15.3. The van der Waals surface area contributed by atoms with Crippen LogP contribution in [0.4, 0.5) is 5.82 Å². The number of nitrogens with zero attached hydrogens (tertiary/aromatic N) is 1. The van der Waals surface area contributed by atoms with Crippen molar-refractivity contribution < 1.29 is 29.3 Å². The van der Waals surface area contributed by atoms with Crippen LogP contribution in [-0.2, 0) is 4.79 Å². The van der Waals surface area contributed by atoms with E-state index >= 15 is 0 Å². The molecule has 10 heteroatoms. The minimum Gasteiger partial charge on any atom is -0.492 e. The smallest absolute Gasteiger partial charge is 0.342 e. The third-order valence-electron chi connectivity index (χ3n) is 4.62. The highest BCUT2D eigenvalue weighted by Crippen LogP contribution is 2.30. The predicted octanol–water partition coefficient (Wildman–Crippen LogP) is 1.02. The molecule has 1 saturated heterocycles. The lowest BCUT2D eigenvalue weighted by molar-refractivity contribution is -0.128. The average Bonchev–Trinajstić information content (AvgIpc) is 3.06. The summed E-state index contributed by atoms with van der Waals surface area (Å²) in [5, 5.41) is 18.8. The molecule has 0 aliphatic carbocycles. The molecular weight excluding hydrogens is 382 g/mol. The average molecular weight is 401 g/mol. The molecule has 1 aliphatic heterocycles. The van der Waals surface area contributed by atoms with Gasteiger partial charge in [-0.15, -0.1) is 0 Å². The third kappa shape index (κ3) is 4.05. The van der Waals surface area contributed by atoms with Gasteiger partial charge >= 0.3 is 11.9 Å². The lowest BCUT2D eigenvalue weighted by atomic mass is 9.95. The number of amides is 1. The van der Waals surface area contributed by atoms with E-state index in [-0.39, 0.29) is 23.6 Å². The van der Waals surface area contributed by atoms with Crippen molar-refractivity contribution in [1.82, 2.24) is 9.88 Å². The van der Waals surface area contributed by atoms with E-state index in [1.54, 1.807) is 4.90 Å². The van der Waals surface area contributed by atoms with Crippen LogP contribution < -0.4 is 16.0 Å². The Morgan fingerprint density at radius 2 is 1.76 bits per heavy atom. The SMILES string of the molecule is Nc1[nH]c(=O)c(C(=O)O)c(-c2ccc(OCCN3CCCC3=O)cc2)c1C(=O)O. The molecule has 29 heavy (non-hydrogen) atoms. The number of nitrogens with two attached hydrogens (primary N) is 1. The van der Waals surface area contributed by atoms with Crippen LogP contribution in [0.1, 0.15) is 33.6 Å². The number of carbonyl (C=O) groups is 3. The van der Waals surface area contributed by atoms with Gasteiger partial charge in [-0.05, 0) is 24.1 Å². The van der Waals surface area contributed by atoms with Crippen LogP contribution in [0.3, 0.4) is 0 Å². The normalized spacial score (nSPS) is 13.5. The van der Waals surface area contributed by atoms with E-state index in [9.17, 15) is 29.4 Å². The first-order chi connectivity index (χ1) is 13.8. The number of H-pyrrole nitrogens is 1. The molecule has 152 valence electrons. The minimum atomic E-state index is -1.57. The summed E-state index contributed by atoms with van der Waals surface area (Å²) in [5.41, 5.74) is 3.32. The van der Waals surface area contributed by atoms with Crippen molar-refractivity contribution in [3.05, 3.63) is 45.7 Å². The number of ether oxygens (including phenoxy) is 1. The van der Waals surface area contributed by atoms with Gasteiger partial charge in [-0.25, -0.2) is 9.59 Å². The molecule has 0 spiro atoms. The third-order valence-corrected chi connectivity index (χ3v) is 4.62. The summed E-state index contributed by atoms with van der Waals surface area (Å²) in [7, 11) is 0. The lowest BCUT2D eigenvalue weighted by Crippen LogP contribution is -2.29. The molecule has 0 atom stereocenters. The molecule has 1 aromatic heterocycles. The monoisotopic (exact) mass is 401 g/mol. The van der Waals surface area contributed by atoms with Gasteiger partial charge in [0.1, 0.15) is 29.3 Å². The second kappa shape index (κ2) is 8.05. The van der Waals surface area contributed by atoms with Crippen LogP contribution in [-0.4, -0.2) is 57.6 Å². The summed E-state index contributed by atoms with van der Waals surface area (Å²) in [6.07, 6.45) is 1.39. The van der Waals surface area contributed by atoms with E-state index in [4.69, 9.17) is 10.5 Å². The number of aromatic carboxylic acids is 2. The van der Waals surface area contributed by atoms with Crippen molar-refractivity contribution >= 4 is 23.7 Å². The van der Waals surface area contributed by atoms with Crippen LogP contribution in [0.2, 0.25) is 0 Å². The van der Waals surface area contributed by atoms with Gasteiger partial charge in [-0.2, -0.15) is 0 Å². The van der Waals surface area contributed by atoms with Crippen LogP contribution >= 0.6 is 0 Å². The molecule has 0 radical (unpaired) electrons. The van der Waals surface area contributed by atoms with Gasteiger partial charge < -0.3 is 30.6 Å². The molecule has 1 fully saturated rings. The molecule has 1 aliphatic rings. The Labute approximate surface area is 164 Å². The number of rotatable bonds is 7. The van der Waals surface area contributed by atoms with Crippen molar-refractivity contribution in [3.63, 3.8) is 0 Å². The van der Waals surface area contributed by atoms with Crippen LogP contribution in [0.15, 0.2) is 29.1 Å². The number of nitrogen functional groups attached to an aromatic ring is 1. The number of aromatic nitrogens is 1. The number of nitrogens with one attached hydrogen (secondary N) is 1. The van der Waals surface area contributed by atoms with E-state index in [0.29, 0.717) is 25.3 Å². The van der Waals surface area contributed by atoms with Crippen molar-refractivity contribution in [3.8, 4) is 16.9 Å². The number of carboxylic acid groups (broad SMARTS) is 2. The molecule has 10 nitrogen and oxygen atoms in total. The maximum Gasteiger partial charge on any atom is 0.342 e. The number of aromatic amines is 1. The first-order valence-corrected chi connectivity index (χ1v) is 8.83. The van der Waals surface area contributed by atoms with Gasteiger partial charge in [0.15, 0.2) is 0 Å². The van der Waals surface area contributed by atoms with E-state index in [1.807, 2.05) is 0 Å². The molecule has 5 N–H and O–H groups in total. The Hall–Kier alpha value is -3.82. The van der Waals surface area contributed by atoms with Gasteiger partial charge in [0.25, 0.3) is 5.56 Å². The summed E-state index contributed by atoms with van der Waals surface area (Å²) in [5.74, 6) is -2.92. The highest BCUT2D eigenvalue weighted by molar-refractivity contribution is 6.07. The first-order valence-electron chi connectivity index (χ1n) is 8.83. The predicted molar refractivity (Wildman–Crippen MR) is 102 cm³/mol. The topological polar surface area (TPSA) is 163 Å². The number of carbonyl (C=O) groups excluding carboxylic acids is 1. The highest BCUT2D eigenvalue weighted by Gasteiger charge is 2.26. The number of pyridine rings is 1. The van der Waals surface area contributed by atoms with Crippen LogP contribution in [0.5, 0.6) is 5.75 Å². The zero-order valence-electron chi connectivity index (χ0n) is 15.3. The largest absolute Gasteiger partial charge is 0.492 e. The number of likely N-dealkylation sites (tertiary alicyclic amines) is 1. The number of benzene rings is 1. The van der Waals surface area contributed by atoms with Gasteiger partial charge in [0, 0.05) is 18.5 Å². The second-order valence-electron chi connectivity index (χ2n) is 6.46. The maximum atomic E-state index is 12.0. The second-order valence-corrected chi connectivity index (χ2v) is 6.46. The summed E-state index contributed by atoms with van der Waals surface area (Å²) in [6, 6.07) is 5.94. The Bertz CT molecular complexity index is 1030. The van der Waals surface area contributed by atoms with Crippen LogP contribution in [0, 0.1) is 0 Å². The summed E-state index contributed by atoms with van der Waals surface area (Å²) in [4.78, 5) is 50.6. The fourth-order valence-electron chi connectivity index (χ4n) is 3.27. The number of carboxylic acids is 2. The van der Waals surface area contributed by atoms with Crippen molar-refractivity contribution in [2.24, 2.45) is 0 Å². The minimum absolute atomic E-state index is 0.0956. The van der Waals surface area contributed by atoms with Gasteiger partial charge in [-0.3, -0.25) is 9.59 Å².